The summed E-state index contributed by atoms with van der Waals surface area (Å²) in [7, 11) is 4.20. The van der Waals surface area contributed by atoms with Crippen molar-refractivity contribution in [2.45, 2.75) is 43.8 Å². The van der Waals surface area contributed by atoms with E-state index in [1.165, 1.54) is 6.42 Å². The minimum Gasteiger partial charge on any atom is -0.352 e. The molecule has 3 atom stereocenters. The second-order valence-corrected chi connectivity index (χ2v) is 5.88. The predicted octanol–water partition coefficient (Wildman–Crippen LogP) is 1.68. The van der Waals surface area contributed by atoms with Gasteiger partial charge in [0.1, 0.15) is 6.04 Å². The summed E-state index contributed by atoms with van der Waals surface area (Å²) in [6.07, 6.45) is 4.44. The third-order valence-electron chi connectivity index (χ3n) is 4.16. The summed E-state index contributed by atoms with van der Waals surface area (Å²) in [5.74, 6) is -0.0689. The van der Waals surface area contributed by atoms with Gasteiger partial charge in [-0.25, -0.2) is 0 Å². The second kappa shape index (κ2) is 6.86. The van der Waals surface area contributed by atoms with Crippen LogP contribution in [0.1, 0.15) is 37.3 Å². The molecule has 0 aromatic heterocycles. The van der Waals surface area contributed by atoms with E-state index in [1.807, 2.05) is 30.3 Å². The topological polar surface area (TPSA) is 58.4 Å². The first kappa shape index (κ1) is 15.0. The van der Waals surface area contributed by atoms with Crippen molar-refractivity contribution in [2.75, 3.05) is 14.1 Å². The molecule has 1 aliphatic carbocycles. The molecular weight excluding hydrogens is 250 g/mol. The molecule has 0 bridgehead atoms. The van der Waals surface area contributed by atoms with Crippen LogP contribution in [0.2, 0.25) is 0 Å². The van der Waals surface area contributed by atoms with Gasteiger partial charge in [-0.3, -0.25) is 4.79 Å². The number of nitrogens with zero attached hydrogens (tertiary/aromatic N) is 1. The van der Waals surface area contributed by atoms with Crippen molar-refractivity contribution in [1.29, 1.82) is 0 Å². The number of nitrogens with two attached hydrogens (primary N) is 1. The van der Waals surface area contributed by atoms with Crippen LogP contribution < -0.4 is 11.1 Å². The summed E-state index contributed by atoms with van der Waals surface area (Å²) >= 11 is 0. The van der Waals surface area contributed by atoms with Gasteiger partial charge in [0, 0.05) is 12.1 Å². The normalized spacial score (nSPS) is 24.4. The monoisotopic (exact) mass is 275 g/mol. The van der Waals surface area contributed by atoms with Gasteiger partial charge in [0.15, 0.2) is 0 Å². The molecule has 20 heavy (non-hydrogen) atoms. The van der Waals surface area contributed by atoms with Gasteiger partial charge >= 0.3 is 0 Å². The lowest BCUT2D eigenvalue weighted by atomic mass is 9.90. The quantitative estimate of drug-likeness (QED) is 0.879. The summed E-state index contributed by atoms with van der Waals surface area (Å²) in [4.78, 5) is 14.5. The molecule has 0 spiro atoms. The molecule has 2 rings (SSSR count). The molecule has 1 fully saturated rings. The highest BCUT2D eigenvalue weighted by Gasteiger charge is 2.26. The van der Waals surface area contributed by atoms with E-state index in [0.717, 1.165) is 24.8 Å². The number of hydrogen-bond acceptors (Lipinski definition) is 3. The Morgan fingerprint density at radius 2 is 2.00 bits per heavy atom. The van der Waals surface area contributed by atoms with Gasteiger partial charge in [-0.05, 0) is 45.3 Å². The van der Waals surface area contributed by atoms with Crippen LogP contribution in [0.25, 0.3) is 0 Å². The highest BCUT2D eigenvalue weighted by atomic mass is 16.2. The Bertz CT molecular complexity index is 433. The van der Waals surface area contributed by atoms with E-state index >= 15 is 0 Å². The zero-order valence-electron chi connectivity index (χ0n) is 12.4. The number of benzene rings is 1. The molecule has 1 aromatic rings. The molecule has 1 aromatic carbocycles. The van der Waals surface area contributed by atoms with Crippen molar-refractivity contribution >= 4 is 5.91 Å². The van der Waals surface area contributed by atoms with E-state index in [-0.39, 0.29) is 11.9 Å². The maximum atomic E-state index is 12.2. The first-order chi connectivity index (χ1) is 9.58. The van der Waals surface area contributed by atoms with E-state index in [4.69, 9.17) is 5.73 Å². The van der Waals surface area contributed by atoms with E-state index < -0.39 is 6.04 Å². The summed E-state index contributed by atoms with van der Waals surface area (Å²) in [6.45, 7) is 0. The summed E-state index contributed by atoms with van der Waals surface area (Å²) in [5, 5.41) is 3.11. The third kappa shape index (κ3) is 3.81. The van der Waals surface area contributed by atoms with Crippen LogP contribution in [0.3, 0.4) is 0 Å². The standard InChI is InChI=1S/C16H25N3O/c1-19(2)14-10-6-9-13(11-14)18-16(20)15(17)12-7-4-3-5-8-12/h3-5,7-8,13-15H,6,9-11,17H2,1-2H3,(H,18,20). The van der Waals surface area contributed by atoms with Crippen molar-refractivity contribution in [1.82, 2.24) is 10.2 Å². The molecule has 1 saturated carbocycles. The van der Waals surface area contributed by atoms with Gasteiger partial charge in [0.2, 0.25) is 5.91 Å². The van der Waals surface area contributed by atoms with Crippen molar-refractivity contribution < 1.29 is 4.79 Å². The molecule has 3 unspecified atom stereocenters. The molecule has 110 valence electrons. The first-order valence-corrected chi connectivity index (χ1v) is 7.35. The van der Waals surface area contributed by atoms with Crippen LogP contribution in [-0.4, -0.2) is 37.0 Å². The fourth-order valence-corrected chi connectivity index (χ4v) is 2.87. The van der Waals surface area contributed by atoms with Gasteiger partial charge in [-0.2, -0.15) is 0 Å². The Morgan fingerprint density at radius 3 is 2.65 bits per heavy atom. The largest absolute Gasteiger partial charge is 0.352 e. The predicted molar refractivity (Wildman–Crippen MR) is 81.2 cm³/mol. The summed E-state index contributed by atoms with van der Waals surface area (Å²) in [5.41, 5.74) is 6.89. The molecule has 0 radical (unpaired) electrons. The zero-order valence-corrected chi connectivity index (χ0v) is 12.4. The van der Waals surface area contributed by atoms with Crippen molar-refractivity contribution in [3.05, 3.63) is 35.9 Å². The Morgan fingerprint density at radius 1 is 1.30 bits per heavy atom. The number of carbonyl (C=O) groups is 1. The van der Waals surface area contributed by atoms with Gasteiger partial charge in [-0.1, -0.05) is 30.3 Å². The summed E-state index contributed by atoms with van der Waals surface area (Å²) < 4.78 is 0. The maximum Gasteiger partial charge on any atom is 0.241 e. The average molecular weight is 275 g/mol. The van der Waals surface area contributed by atoms with Crippen LogP contribution in [0.15, 0.2) is 30.3 Å². The van der Waals surface area contributed by atoms with Crippen LogP contribution in [0.4, 0.5) is 0 Å². The van der Waals surface area contributed by atoms with Gasteiger partial charge in [-0.15, -0.1) is 0 Å². The molecule has 4 heteroatoms. The van der Waals surface area contributed by atoms with Gasteiger partial charge in [0.25, 0.3) is 0 Å². The Labute approximate surface area is 121 Å². The minimum absolute atomic E-state index is 0.0689. The first-order valence-electron chi connectivity index (χ1n) is 7.35. The average Bonchev–Trinajstić information content (AvgIpc) is 2.47. The van der Waals surface area contributed by atoms with Crippen LogP contribution >= 0.6 is 0 Å². The SMILES string of the molecule is CN(C)C1CCCC(NC(=O)C(N)c2ccccc2)C1. The van der Waals surface area contributed by atoms with E-state index in [0.29, 0.717) is 6.04 Å². The molecule has 0 saturated heterocycles. The minimum atomic E-state index is -0.573. The van der Waals surface area contributed by atoms with Crippen molar-refractivity contribution in [3.63, 3.8) is 0 Å². The molecule has 3 N–H and O–H groups in total. The molecule has 1 amide bonds. The second-order valence-electron chi connectivity index (χ2n) is 5.88. The maximum absolute atomic E-state index is 12.2. The van der Waals surface area contributed by atoms with E-state index in [2.05, 4.69) is 24.3 Å². The number of hydrogen-bond donors (Lipinski definition) is 2. The Hall–Kier alpha value is -1.39. The Kier molecular flexibility index (Phi) is 5.15. The lowest BCUT2D eigenvalue weighted by Crippen LogP contribution is -2.46. The molecule has 0 heterocycles. The lowest BCUT2D eigenvalue weighted by molar-refractivity contribution is -0.123. The van der Waals surface area contributed by atoms with Crippen LogP contribution in [0.5, 0.6) is 0 Å². The van der Waals surface area contributed by atoms with Gasteiger partial charge < -0.3 is 16.0 Å². The zero-order chi connectivity index (χ0) is 14.5. The smallest absolute Gasteiger partial charge is 0.241 e. The molecule has 0 aliphatic heterocycles. The van der Waals surface area contributed by atoms with E-state index in [1.54, 1.807) is 0 Å². The van der Waals surface area contributed by atoms with Crippen molar-refractivity contribution in [2.24, 2.45) is 5.73 Å². The fourth-order valence-electron chi connectivity index (χ4n) is 2.87. The lowest BCUT2D eigenvalue weighted by Gasteiger charge is -2.34. The number of nitrogens with one attached hydrogen (secondary N) is 1. The highest BCUT2D eigenvalue weighted by molar-refractivity contribution is 5.83. The highest BCUT2D eigenvalue weighted by Crippen LogP contribution is 2.22. The molecular formula is C16H25N3O. The summed E-state index contributed by atoms with van der Waals surface area (Å²) in [6, 6.07) is 9.77. The number of carbonyl (C=O) groups excluding carboxylic acids is 1. The Balaban J connectivity index is 1.91. The van der Waals surface area contributed by atoms with Crippen LogP contribution in [-0.2, 0) is 4.79 Å². The number of amides is 1. The van der Waals surface area contributed by atoms with Crippen LogP contribution in [0, 0.1) is 0 Å². The molecule has 1 aliphatic rings. The van der Waals surface area contributed by atoms with E-state index in [9.17, 15) is 4.79 Å². The third-order valence-corrected chi connectivity index (χ3v) is 4.16. The van der Waals surface area contributed by atoms with Gasteiger partial charge in [0.05, 0.1) is 0 Å². The molecule has 4 nitrogen and oxygen atoms in total. The fraction of sp³-hybridized carbons (Fsp3) is 0.562. The number of rotatable bonds is 4. The van der Waals surface area contributed by atoms with Crippen molar-refractivity contribution in [3.8, 4) is 0 Å².